The van der Waals surface area contributed by atoms with Crippen molar-refractivity contribution in [1.29, 1.82) is 0 Å². The SMILES string of the molecule is CCCc1nc(NC)cc(NC(C)(C)CO)n1. The second-order valence-corrected chi connectivity index (χ2v) is 4.72. The van der Waals surface area contributed by atoms with E-state index in [9.17, 15) is 5.11 Å². The number of rotatable bonds is 6. The average Bonchev–Trinajstić information content (AvgIpc) is 2.28. The van der Waals surface area contributed by atoms with Crippen LogP contribution >= 0.6 is 0 Å². The van der Waals surface area contributed by atoms with Crippen LogP contribution in [0.15, 0.2) is 6.07 Å². The highest BCUT2D eigenvalue weighted by molar-refractivity contribution is 5.48. The summed E-state index contributed by atoms with van der Waals surface area (Å²) >= 11 is 0. The third-order valence-corrected chi connectivity index (χ3v) is 2.36. The Hall–Kier alpha value is -1.36. The van der Waals surface area contributed by atoms with Crippen LogP contribution in [0, 0.1) is 0 Å². The summed E-state index contributed by atoms with van der Waals surface area (Å²) in [6, 6.07) is 1.84. The molecule has 0 bridgehead atoms. The van der Waals surface area contributed by atoms with E-state index < -0.39 is 0 Å². The van der Waals surface area contributed by atoms with Gasteiger partial charge in [0.2, 0.25) is 0 Å². The first-order valence-corrected chi connectivity index (χ1v) is 5.95. The molecule has 0 aromatic carbocycles. The van der Waals surface area contributed by atoms with Crippen molar-refractivity contribution in [3.63, 3.8) is 0 Å². The summed E-state index contributed by atoms with van der Waals surface area (Å²) in [5, 5.41) is 15.4. The summed E-state index contributed by atoms with van der Waals surface area (Å²) in [6.45, 7) is 6.00. The Morgan fingerprint density at radius 3 is 2.47 bits per heavy atom. The Labute approximate surface area is 103 Å². The summed E-state index contributed by atoms with van der Waals surface area (Å²) < 4.78 is 0. The molecule has 1 rings (SSSR count). The Kier molecular flexibility index (Phi) is 4.69. The zero-order valence-electron chi connectivity index (χ0n) is 11.0. The van der Waals surface area contributed by atoms with E-state index in [0.29, 0.717) is 0 Å². The number of aromatic nitrogens is 2. The van der Waals surface area contributed by atoms with E-state index in [0.717, 1.165) is 30.3 Å². The van der Waals surface area contributed by atoms with Gasteiger partial charge in [-0.3, -0.25) is 0 Å². The van der Waals surface area contributed by atoms with Crippen molar-refractivity contribution in [2.24, 2.45) is 0 Å². The van der Waals surface area contributed by atoms with Crippen molar-refractivity contribution in [2.75, 3.05) is 24.3 Å². The van der Waals surface area contributed by atoms with E-state index in [2.05, 4.69) is 27.5 Å². The molecule has 5 heteroatoms. The van der Waals surface area contributed by atoms with E-state index in [1.807, 2.05) is 27.0 Å². The number of aliphatic hydroxyl groups excluding tert-OH is 1. The van der Waals surface area contributed by atoms with Gasteiger partial charge in [0, 0.05) is 19.5 Å². The van der Waals surface area contributed by atoms with E-state index in [1.54, 1.807) is 0 Å². The monoisotopic (exact) mass is 238 g/mol. The standard InChI is InChI=1S/C12H22N4O/c1-5-6-9-14-10(13-4)7-11(15-9)16-12(2,3)8-17/h7,17H,5-6,8H2,1-4H3,(H2,13,14,15,16). The second-order valence-electron chi connectivity index (χ2n) is 4.72. The molecule has 3 N–H and O–H groups in total. The second kappa shape index (κ2) is 5.82. The number of aliphatic hydroxyl groups is 1. The van der Waals surface area contributed by atoms with Gasteiger partial charge in [0.1, 0.15) is 17.5 Å². The van der Waals surface area contributed by atoms with Gasteiger partial charge in [0.15, 0.2) is 0 Å². The smallest absolute Gasteiger partial charge is 0.133 e. The van der Waals surface area contributed by atoms with Crippen molar-refractivity contribution in [3.8, 4) is 0 Å². The number of aryl methyl sites for hydroxylation is 1. The highest BCUT2D eigenvalue weighted by atomic mass is 16.3. The Morgan fingerprint density at radius 1 is 1.29 bits per heavy atom. The number of nitrogens with zero attached hydrogens (tertiary/aromatic N) is 2. The molecule has 0 aliphatic heterocycles. The fraction of sp³-hybridized carbons (Fsp3) is 0.667. The number of hydrogen-bond acceptors (Lipinski definition) is 5. The maximum absolute atomic E-state index is 9.23. The van der Waals surface area contributed by atoms with Gasteiger partial charge in [0.05, 0.1) is 12.1 Å². The maximum Gasteiger partial charge on any atom is 0.133 e. The van der Waals surface area contributed by atoms with E-state index in [1.165, 1.54) is 0 Å². The van der Waals surface area contributed by atoms with E-state index >= 15 is 0 Å². The van der Waals surface area contributed by atoms with Crippen molar-refractivity contribution in [1.82, 2.24) is 9.97 Å². The maximum atomic E-state index is 9.23. The molecule has 0 amide bonds. The van der Waals surface area contributed by atoms with E-state index in [4.69, 9.17) is 0 Å². The minimum absolute atomic E-state index is 0.0506. The molecule has 17 heavy (non-hydrogen) atoms. The third-order valence-electron chi connectivity index (χ3n) is 2.36. The largest absolute Gasteiger partial charge is 0.394 e. The Balaban J connectivity index is 2.94. The highest BCUT2D eigenvalue weighted by Gasteiger charge is 2.17. The Morgan fingerprint density at radius 2 is 1.94 bits per heavy atom. The molecule has 0 aliphatic rings. The van der Waals surface area contributed by atoms with Crippen LogP contribution in [0.25, 0.3) is 0 Å². The molecule has 0 spiro atoms. The van der Waals surface area contributed by atoms with Gasteiger partial charge in [-0.05, 0) is 20.3 Å². The average molecular weight is 238 g/mol. The molecule has 0 saturated heterocycles. The van der Waals surface area contributed by atoms with Crippen LogP contribution in [0.5, 0.6) is 0 Å². The van der Waals surface area contributed by atoms with E-state index in [-0.39, 0.29) is 12.1 Å². The lowest BCUT2D eigenvalue weighted by molar-refractivity contribution is 0.234. The van der Waals surface area contributed by atoms with Crippen molar-refractivity contribution in [3.05, 3.63) is 11.9 Å². The molecule has 5 nitrogen and oxygen atoms in total. The molecule has 0 saturated carbocycles. The molecule has 1 aromatic rings. The predicted octanol–water partition coefficient (Wildman–Crippen LogP) is 1.65. The fourth-order valence-electron chi connectivity index (χ4n) is 1.41. The first kappa shape index (κ1) is 13.7. The van der Waals surface area contributed by atoms with Gasteiger partial charge in [0.25, 0.3) is 0 Å². The molecular formula is C12H22N4O. The number of anilines is 2. The van der Waals surface area contributed by atoms with Crippen LogP contribution in [0.3, 0.4) is 0 Å². The molecular weight excluding hydrogens is 216 g/mol. The lowest BCUT2D eigenvalue weighted by atomic mass is 10.1. The minimum Gasteiger partial charge on any atom is -0.394 e. The van der Waals surface area contributed by atoms with Gasteiger partial charge in [-0.25, -0.2) is 9.97 Å². The van der Waals surface area contributed by atoms with Gasteiger partial charge in [-0.1, -0.05) is 6.92 Å². The molecule has 1 heterocycles. The summed E-state index contributed by atoms with van der Waals surface area (Å²) in [4.78, 5) is 8.80. The normalized spacial score (nSPS) is 11.4. The first-order chi connectivity index (χ1) is 8.00. The number of nitrogens with one attached hydrogen (secondary N) is 2. The molecule has 0 radical (unpaired) electrons. The van der Waals surface area contributed by atoms with Crippen molar-refractivity contribution in [2.45, 2.75) is 39.2 Å². The zero-order chi connectivity index (χ0) is 12.9. The van der Waals surface area contributed by atoms with Crippen LogP contribution < -0.4 is 10.6 Å². The van der Waals surface area contributed by atoms with Crippen LogP contribution in [0.2, 0.25) is 0 Å². The van der Waals surface area contributed by atoms with Crippen LogP contribution in [0.1, 0.15) is 33.0 Å². The summed E-state index contributed by atoms with van der Waals surface area (Å²) in [7, 11) is 1.83. The fourth-order valence-corrected chi connectivity index (χ4v) is 1.41. The lowest BCUT2D eigenvalue weighted by Gasteiger charge is -2.24. The zero-order valence-corrected chi connectivity index (χ0v) is 11.0. The molecule has 0 atom stereocenters. The highest BCUT2D eigenvalue weighted by Crippen LogP contribution is 2.16. The molecule has 96 valence electrons. The topological polar surface area (TPSA) is 70.1 Å². The summed E-state index contributed by atoms with van der Waals surface area (Å²) in [6.07, 6.45) is 1.86. The van der Waals surface area contributed by atoms with Gasteiger partial charge in [-0.15, -0.1) is 0 Å². The van der Waals surface area contributed by atoms with Crippen molar-refractivity contribution < 1.29 is 5.11 Å². The first-order valence-electron chi connectivity index (χ1n) is 5.95. The summed E-state index contributed by atoms with van der Waals surface area (Å²) in [5.74, 6) is 2.35. The van der Waals surface area contributed by atoms with Crippen LogP contribution in [-0.4, -0.2) is 34.3 Å². The van der Waals surface area contributed by atoms with Crippen molar-refractivity contribution >= 4 is 11.6 Å². The lowest BCUT2D eigenvalue weighted by Crippen LogP contribution is -2.35. The quantitative estimate of drug-likeness (QED) is 0.703. The van der Waals surface area contributed by atoms with Crippen LogP contribution in [-0.2, 0) is 6.42 Å². The Bertz CT molecular complexity index is 366. The molecule has 0 aliphatic carbocycles. The molecule has 0 unspecified atom stereocenters. The minimum atomic E-state index is -0.386. The van der Waals surface area contributed by atoms with Gasteiger partial charge in [-0.2, -0.15) is 0 Å². The molecule has 0 fully saturated rings. The van der Waals surface area contributed by atoms with Gasteiger partial charge >= 0.3 is 0 Å². The number of hydrogen-bond donors (Lipinski definition) is 3. The van der Waals surface area contributed by atoms with Crippen LogP contribution in [0.4, 0.5) is 11.6 Å². The molecule has 1 aromatic heterocycles. The summed E-state index contributed by atoms with van der Waals surface area (Å²) in [5.41, 5.74) is -0.386. The predicted molar refractivity (Wildman–Crippen MR) is 70.4 cm³/mol. The third kappa shape index (κ3) is 4.19. The van der Waals surface area contributed by atoms with Gasteiger partial charge < -0.3 is 15.7 Å².